The van der Waals surface area contributed by atoms with Gasteiger partial charge in [0, 0.05) is 29.8 Å². The van der Waals surface area contributed by atoms with Gasteiger partial charge in [-0.25, -0.2) is 9.97 Å². The van der Waals surface area contributed by atoms with E-state index in [4.69, 9.17) is 0 Å². The van der Waals surface area contributed by atoms with Gasteiger partial charge in [0.2, 0.25) is 0 Å². The van der Waals surface area contributed by atoms with Gasteiger partial charge in [-0.1, -0.05) is 41.7 Å². The minimum atomic E-state index is -0.0642. The van der Waals surface area contributed by atoms with E-state index in [1.165, 1.54) is 32.4 Å². The standard InChI is InChI=1S/C25H23N6O2S2/c32-25-30-19-9-6-16(10-21(19)35-25)29-23-22-18-8-7-17(11-20(18)34-24(22)28-13-27-23)31(33)14-26-12-15-4-2-1-3-5-15/h1-6,9-10,13,17,26H,7-8,11-12,14H2,(H,30,32)(H,27,28,29)/q-1. The number of fused-ring (bicyclic) bond motifs is 4. The molecule has 1 aliphatic carbocycles. The summed E-state index contributed by atoms with van der Waals surface area (Å²) in [5.41, 5.74) is 4.11. The van der Waals surface area contributed by atoms with Crippen molar-refractivity contribution in [1.82, 2.24) is 25.3 Å². The third kappa shape index (κ3) is 4.58. The summed E-state index contributed by atoms with van der Waals surface area (Å²) < 4.78 is 0.900. The lowest BCUT2D eigenvalue weighted by Gasteiger charge is -2.39. The Kier molecular flexibility index (Phi) is 6.05. The van der Waals surface area contributed by atoms with E-state index < -0.39 is 0 Å². The van der Waals surface area contributed by atoms with E-state index in [9.17, 15) is 10.0 Å². The fourth-order valence-electron chi connectivity index (χ4n) is 4.63. The van der Waals surface area contributed by atoms with Crippen molar-refractivity contribution in [2.45, 2.75) is 31.8 Å². The molecule has 2 aromatic carbocycles. The molecule has 0 fully saturated rings. The van der Waals surface area contributed by atoms with Gasteiger partial charge in [0.25, 0.3) is 0 Å². The van der Waals surface area contributed by atoms with E-state index >= 15 is 0 Å². The lowest BCUT2D eigenvalue weighted by atomic mass is 9.92. The number of nitrogens with one attached hydrogen (secondary N) is 3. The highest BCUT2D eigenvalue weighted by molar-refractivity contribution is 7.19. The first-order valence-corrected chi connectivity index (χ1v) is 13.1. The summed E-state index contributed by atoms with van der Waals surface area (Å²) in [6.07, 6.45) is 3.91. The molecule has 1 aliphatic rings. The van der Waals surface area contributed by atoms with Crippen LogP contribution in [0.15, 0.2) is 59.7 Å². The van der Waals surface area contributed by atoms with Gasteiger partial charge < -0.3 is 25.9 Å². The van der Waals surface area contributed by atoms with Crippen molar-refractivity contribution in [2.75, 3.05) is 12.0 Å². The monoisotopic (exact) mass is 503 g/mol. The van der Waals surface area contributed by atoms with Crippen molar-refractivity contribution in [2.24, 2.45) is 0 Å². The van der Waals surface area contributed by atoms with Gasteiger partial charge in [0.05, 0.1) is 15.6 Å². The molecule has 8 nitrogen and oxygen atoms in total. The maximum absolute atomic E-state index is 12.8. The number of rotatable bonds is 7. The molecule has 10 heteroatoms. The number of H-pyrrole nitrogens is 1. The second kappa shape index (κ2) is 9.48. The SMILES string of the molecule is O=c1[nH]c2ccc(Nc3ncnc4sc5c(c34)CCC(N([O-])CNCc3ccccc3)C5)cc2s1. The number of hydrogen-bond acceptors (Lipinski definition) is 9. The maximum Gasteiger partial charge on any atom is 0.305 e. The van der Waals surface area contributed by atoms with E-state index in [0.717, 1.165) is 51.2 Å². The minimum Gasteiger partial charge on any atom is -0.784 e. The van der Waals surface area contributed by atoms with Crippen LogP contribution in [0.4, 0.5) is 11.5 Å². The fourth-order valence-corrected chi connectivity index (χ4v) is 6.66. The Balaban J connectivity index is 1.19. The van der Waals surface area contributed by atoms with Gasteiger partial charge in [0.1, 0.15) is 17.0 Å². The van der Waals surface area contributed by atoms with E-state index in [-0.39, 0.29) is 10.9 Å². The molecule has 3 heterocycles. The molecule has 3 aromatic heterocycles. The van der Waals surface area contributed by atoms with Crippen LogP contribution in [0.25, 0.3) is 20.4 Å². The van der Waals surface area contributed by atoms with Crippen LogP contribution in [0.1, 0.15) is 22.4 Å². The van der Waals surface area contributed by atoms with E-state index in [1.54, 1.807) is 17.7 Å². The summed E-state index contributed by atoms with van der Waals surface area (Å²) in [5, 5.41) is 21.7. The van der Waals surface area contributed by atoms with Crippen LogP contribution in [-0.2, 0) is 19.4 Å². The van der Waals surface area contributed by atoms with E-state index in [0.29, 0.717) is 13.2 Å². The van der Waals surface area contributed by atoms with Crippen molar-refractivity contribution in [3.8, 4) is 0 Å². The Labute approximate surface area is 209 Å². The second-order valence-electron chi connectivity index (χ2n) is 8.64. The van der Waals surface area contributed by atoms with Crippen molar-refractivity contribution in [3.63, 3.8) is 0 Å². The zero-order chi connectivity index (χ0) is 23.8. The summed E-state index contributed by atoms with van der Waals surface area (Å²) >= 11 is 2.84. The molecule has 3 N–H and O–H groups in total. The number of hydrogen-bond donors (Lipinski definition) is 3. The molecule has 1 unspecified atom stereocenters. The summed E-state index contributed by atoms with van der Waals surface area (Å²) in [7, 11) is 0. The molecule has 0 aliphatic heterocycles. The third-order valence-corrected chi connectivity index (χ3v) is 8.36. The Hall–Kier alpha value is -3.15. The van der Waals surface area contributed by atoms with Crippen LogP contribution < -0.4 is 15.5 Å². The van der Waals surface area contributed by atoms with Gasteiger partial charge in [-0.3, -0.25) is 4.79 Å². The molecule has 35 heavy (non-hydrogen) atoms. The molecule has 0 radical (unpaired) electrons. The molecule has 178 valence electrons. The molecule has 0 spiro atoms. The van der Waals surface area contributed by atoms with Crippen LogP contribution >= 0.6 is 22.7 Å². The predicted molar refractivity (Wildman–Crippen MR) is 142 cm³/mol. The van der Waals surface area contributed by atoms with Crippen LogP contribution in [-0.4, -0.2) is 32.7 Å². The number of hydroxylamine groups is 2. The number of aromatic amines is 1. The first kappa shape index (κ1) is 22.3. The first-order valence-electron chi connectivity index (χ1n) is 11.5. The highest BCUT2D eigenvalue weighted by Crippen LogP contribution is 2.40. The normalized spacial score (nSPS) is 15.7. The number of thiophene rings is 1. The van der Waals surface area contributed by atoms with Crippen molar-refractivity contribution in [3.05, 3.63) is 85.7 Å². The van der Waals surface area contributed by atoms with Crippen molar-refractivity contribution < 1.29 is 0 Å². The van der Waals surface area contributed by atoms with Crippen LogP contribution in [0, 0.1) is 5.21 Å². The number of aromatic nitrogens is 3. The molecular weight excluding hydrogens is 480 g/mol. The Morgan fingerprint density at radius 1 is 1.14 bits per heavy atom. The molecule has 6 rings (SSSR count). The Morgan fingerprint density at radius 2 is 2.03 bits per heavy atom. The topological polar surface area (TPSA) is 109 Å². The highest BCUT2D eigenvalue weighted by Gasteiger charge is 2.26. The largest absolute Gasteiger partial charge is 0.784 e. The van der Waals surface area contributed by atoms with Crippen LogP contribution in [0.2, 0.25) is 0 Å². The lowest BCUT2D eigenvalue weighted by Crippen LogP contribution is -2.40. The Morgan fingerprint density at radius 3 is 2.91 bits per heavy atom. The molecule has 1 atom stereocenters. The Bertz CT molecular complexity index is 1540. The predicted octanol–water partition coefficient (Wildman–Crippen LogP) is 4.74. The summed E-state index contributed by atoms with van der Waals surface area (Å²) in [6.45, 7) is 0.983. The van der Waals surface area contributed by atoms with Crippen molar-refractivity contribution in [1.29, 1.82) is 0 Å². The molecule has 0 bridgehead atoms. The minimum absolute atomic E-state index is 0.0537. The number of thiazole rings is 1. The highest BCUT2D eigenvalue weighted by atomic mass is 32.1. The average molecular weight is 504 g/mol. The summed E-state index contributed by atoms with van der Waals surface area (Å²) in [4.78, 5) is 25.6. The lowest BCUT2D eigenvalue weighted by molar-refractivity contribution is 0.237. The van der Waals surface area contributed by atoms with Crippen molar-refractivity contribution >= 4 is 54.6 Å². The first-order chi connectivity index (χ1) is 17.1. The quantitative estimate of drug-likeness (QED) is 0.217. The molecule has 0 saturated heterocycles. The fraction of sp³-hybridized carbons (Fsp3) is 0.240. The summed E-state index contributed by atoms with van der Waals surface area (Å²) in [5.74, 6) is 0.761. The van der Waals surface area contributed by atoms with E-state index in [2.05, 4.69) is 37.7 Å². The zero-order valence-electron chi connectivity index (χ0n) is 18.8. The number of anilines is 2. The van der Waals surface area contributed by atoms with Gasteiger partial charge in [-0.15, -0.1) is 11.3 Å². The van der Waals surface area contributed by atoms with E-state index in [1.807, 2.05) is 36.4 Å². The number of benzene rings is 2. The third-order valence-electron chi connectivity index (χ3n) is 6.35. The molecule has 5 aromatic rings. The van der Waals surface area contributed by atoms with Gasteiger partial charge in [-0.2, -0.15) is 0 Å². The smallest absolute Gasteiger partial charge is 0.305 e. The van der Waals surface area contributed by atoms with Gasteiger partial charge in [0.15, 0.2) is 0 Å². The second-order valence-corrected chi connectivity index (χ2v) is 10.7. The van der Waals surface area contributed by atoms with Crippen LogP contribution in [0.3, 0.4) is 0 Å². The van der Waals surface area contributed by atoms with Crippen LogP contribution in [0.5, 0.6) is 0 Å². The summed E-state index contributed by atoms with van der Waals surface area (Å²) in [6, 6.07) is 15.8. The molecule has 0 amide bonds. The average Bonchev–Trinajstić information content (AvgIpc) is 3.43. The molecule has 0 saturated carbocycles. The zero-order valence-corrected chi connectivity index (χ0v) is 20.4. The number of aryl methyl sites for hydroxylation is 1. The maximum atomic E-state index is 12.8. The molecular formula is C25H23N6O2S2-. The van der Waals surface area contributed by atoms with Gasteiger partial charge in [-0.05, 0) is 48.6 Å². The number of nitrogens with zero attached hydrogens (tertiary/aromatic N) is 3. The van der Waals surface area contributed by atoms with Gasteiger partial charge >= 0.3 is 4.87 Å².